The fraction of sp³-hybridized carbons (Fsp3) is 0.333. The fourth-order valence-electron chi connectivity index (χ4n) is 1.86. The van der Waals surface area contributed by atoms with Crippen LogP contribution in [0.5, 0.6) is 5.75 Å². The van der Waals surface area contributed by atoms with E-state index in [-0.39, 0.29) is 21.0 Å². The highest BCUT2D eigenvalue weighted by Gasteiger charge is 2.18. The molecule has 4 nitrogen and oxygen atoms in total. The molecule has 104 valence electrons. The molecule has 0 saturated heterocycles. The maximum atomic E-state index is 11.3. The topological polar surface area (TPSA) is 69.4 Å². The van der Waals surface area contributed by atoms with Crippen molar-refractivity contribution in [1.29, 1.82) is 0 Å². The van der Waals surface area contributed by atoms with Crippen molar-refractivity contribution in [2.24, 2.45) is 5.14 Å². The summed E-state index contributed by atoms with van der Waals surface area (Å²) in [6, 6.07) is 2.59. The summed E-state index contributed by atoms with van der Waals surface area (Å²) in [6.45, 7) is 0. The lowest BCUT2D eigenvalue weighted by molar-refractivity contribution is 0.230. The highest BCUT2D eigenvalue weighted by molar-refractivity contribution is 7.89. The second kappa shape index (κ2) is 5.71. The Morgan fingerprint density at radius 2 is 2.00 bits per heavy atom. The molecule has 1 aliphatic carbocycles. The molecule has 0 radical (unpaired) electrons. The third-order valence-electron chi connectivity index (χ3n) is 2.78. The Kier molecular flexibility index (Phi) is 4.40. The first-order chi connectivity index (χ1) is 8.88. The smallest absolute Gasteiger partial charge is 0.239 e. The van der Waals surface area contributed by atoms with Gasteiger partial charge in [0, 0.05) is 6.07 Å². The molecule has 0 aliphatic heterocycles. The van der Waals surface area contributed by atoms with Crippen LogP contribution in [0.3, 0.4) is 0 Å². The summed E-state index contributed by atoms with van der Waals surface area (Å²) >= 11 is 11.9. The molecule has 1 unspecified atom stereocenters. The van der Waals surface area contributed by atoms with Gasteiger partial charge in [-0.3, -0.25) is 0 Å². The van der Waals surface area contributed by atoms with E-state index in [0.29, 0.717) is 5.75 Å². The zero-order valence-electron chi connectivity index (χ0n) is 9.97. The second-order valence-electron chi connectivity index (χ2n) is 4.27. The first kappa shape index (κ1) is 14.7. The fourth-order valence-corrected chi connectivity index (χ4v) is 3.22. The molecule has 19 heavy (non-hydrogen) atoms. The number of sulfonamides is 1. The molecule has 1 atom stereocenters. The average molecular weight is 322 g/mol. The maximum absolute atomic E-state index is 11.3. The normalized spacial score (nSPS) is 19.4. The van der Waals surface area contributed by atoms with Gasteiger partial charge in [-0.2, -0.15) is 0 Å². The molecule has 0 amide bonds. The summed E-state index contributed by atoms with van der Waals surface area (Å²) in [5.74, 6) is 0.357. The molecule has 2 N–H and O–H groups in total. The highest BCUT2D eigenvalue weighted by Crippen LogP contribution is 2.34. The number of halogens is 2. The largest absolute Gasteiger partial charge is 0.485 e. The van der Waals surface area contributed by atoms with Gasteiger partial charge in [-0.15, -0.1) is 0 Å². The minimum Gasteiger partial charge on any atom is -0.485 e. The summed E-state index contributed by atoms with van der Waals surface area (Å²) in [5.41, 5.74) is 0. The van der Waals surface area contributed by atoms with E-state index in [4.69, 9.17) is 33.1 Å². The molecule has 1 aromatic rings. The molecule has 0 saturated carbocycles. The SMILES string of the molecule is NS(=O)(=O)c1cc(Cl)c(OC2C=CCCC2)cc1Cl. The molecule has 0 bridgehead atoms. The molecule has 2 rings (SSSR count). The predicted octanol–water partition coefficient (Wildman–Crippen LogP) is 3.13. The van der Waals surface area contributed by atoms with Crippen molar-refractivity contribution >= 4 is 33.2 Å². The van der Waals surface area contributed by atoms with E-state index >= 15 is 0 Å². The van der Waals surface area contributed by atoms with Gasteiger partial charge in [-0.25, -0.2) is 13.6 Å². The lowest BCUT2D eigenvalue weighted by Gasteiger charge is -2.19. The molecular formula is C12H13Cl2NO3S. The monoisotopic (exact) mass is 321 g/mol. The summed E-state index contributed by atoms with van der Waals surface area (Å²) < 4.78 is 28.3. The Morgan fingerprint density at radius 1 is 1.26 bits per heavy atom. The van der Waals surface area contributed by atoms with Crippen molar-refractivity contribution < 1.29 is 13.2 Å². The lowest BCUT2D eigenvalue weighted by atomic mass is 10.1. The predicted molar refractivity (Wildman–Crippen MR) is 75.2 cm³/mol. The van der Waals surface area contributed by atoms with Gasteiger partial charge in [-0.1, -0.05) is 29.3 Å². The van der Waals surface area contributed by atoms with E-state index in [9.17, 15) is 8.42 Å². The number of benzene rings is 1. The minimum absolute atomic E-state index is 0.00156. The lowest BCUT2D eigenvalue weighted by Crippen LogP contribution is -2.16. The first-order valence-electron chi connectivity index (χ1n) is 5.73. The summed E-state index contributed by atoms with van der Waals surface area (Å²) in [4.78, 5) is -0.203. The van der Waals surface area contributed by atoms with Crippen LogP contribution in [-0.2, 0) is 10.0 Å². The summed E-state index contributed by atoms with van der Waals surface area (Å²) in [7, 11) is -3.89. The molecular weight excluding hydrogens is 309 g/mol. The van der Waals surface area contributed by atoms with Crippen molar-refractivity contribution in [2.75, 3.05) is 0 Å². The van der Waals surface area contributed by atoms with Gasteiger partial charge in [0.05, 0.1) is 10.0 Å². The van der Waals surface area contributed by atoms with Crippen molar-refractivity contribution in [3.8, 4) is 5.75 Å². The van der Waals surface area contributed by atoms with Gasteiger partial charge in [0.15, 0.2) is 0 Å². The molecule has 1 aliphatic rings. The summed E-state index contributed by atoms with van der Waals surface area (Å²) in [5, 5.41) is 5.21. The third kappa shape index (κ3) is 3.63. The van der Waals surface area contributed by atoms with E-state index in [1.54, 1.807) is 0 Å². The van der Waals surface area contributed by atoms with E-state index < -0.39 is 10.0 Å². The quantitative estimate of drug-likeness (QED) is 0.869. The van der Waals surface area contributed by atoms with Crippen LogP contribution < -0.4 is 9.88 Å². The Labute approximate surface area is 122 Å². The van der Waals surface area contributed by atoms with Crippen molar-refractivity contribution in [2.45, 2.75) is 30.3 Å². The Balaban J connectivity index is 2.30. The van der Waals surface area contributed by atoms with Crippen LogP contribution in [0, 0.1) is 0 Å². The number of allylic oxidation sites excluding steroid dienone is 1. The third-order valence-corrected chi connectivity index (χ3v) is 4.45. The summed E-state index contributed by atoms with van der Waals surface area (Å²) in [6.07, 6.45) is 6.91. The number of primary sulfonamides is 1. The molecule has 0 heterocycles. The van der Waals surface area contributed by atoms with Gasteiger partial charge in [0.25, 0.3) is 0 Å². The number of nitrogens with two attached hydrogens (primary N) is 1. The Bertz CT molecular complexity index is 614. The maximum Gasteiger partial charge on any atom is 0.239 e. The van der Waals surface area contributed by atoms with Crippen LogP contribution in [0.2, 0.25) is 10.0 Å². The van der Waals surface area contributed by atoms with Gasteiger partial charge >= 0.3 is 0 Å². The van der Waals surface area contributed by atoms with Crippen LogP contribution in [0.1, 0.15) is 19.3 Å². The van der Waals surface area contributed by atoms with Crippen molar-refractivity contribution in [3.05, 3.63) is 34.3 Å². The average Bonchev–Trinajstić information content (AvgIpc) is 2.33. The molecule has 0 spiro atoms. The molecule has 7 heteroatoms. The van der Waals surface area contributed by atoms with Crippen molar-refractivity contribution in [3.63, 3.8) is 0 Å². The van der Waals surface area contributed by atoms with Crippen molar-refractivity contribution in [1.82, 2.24) is 0 Å². The Hall–Kier alpha value is -0.750. The first-order valence-corrected chi connectivity index (χ1v) is 8.03. The molecule has 0 aromatic heterocycles. The van der Waals surface area contributed by atoms with E-state index in [0.717, 1.165) is 19.3 Å². The van der Waals surface area contributed by atoms with E-state index in [1.165, 1.54) is 12.1 Å². The van der Waals surface area contributed by atoms with E-state index in [1.807, 2.05) is 12.2 Å². The number of hydrogen-bond acceptors (Lipinski definition) is 3. The van der Waals surface area contributed by atoms with Crippen LogP contribution in [-0.4, -0.2) is 14.5 Å². The van der Waals surface area contributed by atoms with Crippen LogP contribution >= 0.6 is 23.2 Å². The van der Waals surface area contributed by atoms with Crippen LogP contribution in [0.4, 0.5) is 0 Å². The van der Waals surface area contributed by atoms with E-state index in [2.05, 4.69) is 0 Å². The number of ether oxygens (including phenoxy) is 1. The second-order valence-corrected chi connectivity index (χ2v) is 6.62. The number of rotatable bonds is 3. The minimum atomic E-state index is -3.89. The standard InChI is InChI=1S/C12H13Cl2NO3S/c13-9-7-12(19(15,16)17)10(14)6-11(9)18-8-4-2-1-3-5-8/h2,4,6-8H,1,3,5H2,(H2,15,16,17). The molecule has 0 fully saturated rings. The van der Waals surface area contributed by atoms with Gasteiger partial charge in [-0.05, 0) is 31.4 Å². The Morgan fingerprint density at radius 3 is 2.58 bits per heavy atom. The number of hydrogen-bond donors (Lipinski definition) is 1. The van der Waals surface area contributed by atoms with Crippen LogP contribution in [0.15, 0.2) is 29.2 Å². The zero-order valence-corrected chi connectivity index (χ0v) is 12.3. The highest BCUT2D eigenvalue weighted by atomic mass is 35.5. The van der Waals surface area contributed by atoms with Gasteiger partial charge in [0.1, 0.15) is 16.7 Å². The van der Waals surface area contributed by atoms with Gasteiger partial charge < -0.3 is 4.74 Å². The van der Waals surface area contributed by atoms with Gasteiger partial charge in [0.2, 0.25) is 10.0 Å². The zero-order chi connectivity index (χ0) is 14.0. The molecule has 1 aromatic carbocycles. The van der Waals surface area contributed by atoms with Crippen LogP contribution in [0.25, 0.3) is 0 Å².